The Morgan fingerprint density at radius 3 is 2.47 bits per heavy atom. The van der Waals surface area contributed by atoms with E-state index in [1.807, 2.05) is 19.2 Å². The summed E-state index contributed by atoms with van der Waals surface area (Å²) in [6.45, 7) is 5.65. The maximum atomic E-state index is 15.4. The molecule has 7 aliphatic carbocycles. The first-order valence-electron chi connectivity index (χ1n) is 28.6. The molecule has 0 radical (unpaired) electrons. The molecule has 16 heteroatoms. The Morgan fingerprint density at radius 1 is 0.961 bits per heavy atom. The number of cyclic esters (lactones) is 1. The Balaban J connectivity index is 1.11. The number of allylic oxidation sites excluding steroid dienone is 3. The molecule has 1 aromatic carbocycles. The first-order chi connectivity index (χ1) is 36.7. The van der Waals surface area contributed by atoms with Crippen molar-refractivity contribution in [3.63, 3.8) is 0 Å². The van der Waals surface area contributed by atoms with E-state index in [1.165, 1.54) is 5.57 Å². The van der Waals surface area contributed by atoms with Crippen molar-refractivity contribution in [2.45, 2.75) is 153 Å². The van der Waals surface area contributed by atoms with Gasteiger partial charge in [0.05, 0.1) is 54.3 Å². The number of Topliss-reactive ketones (excluding diaryl/α,β-unsaturated/α-hetero) is 2. The average Bonchev–Trinajstić information content (AvgIpc) is 4.33. The number of ketones is 2. The Hall–Kier alpha value is -5.02. The van der Waals surface area contributed by atoms with Crippen LogP contribution in [0.15, 0.2) is 70.6 Å². The molecule has 0 spiro atoms. The molecule has 8 aliphatic rings. The second kappa shape index (κ2) is 21.6. The number of nitrogens with one attached hydrogen (secondary N) is 2. The third-order valence-corrected chi connectivity index (χ3v) is 21.3. The fourth-order valence-electron chi connectivity index (χ4n) is 17.5. The number of carbonyl (C=O) groups excluding carboxylic acids is 3. The van der Waals surface area contributed by atoms with Gasteiger partial charge in [0.15, 0.2) is 17.5 Å². The van der Waals surface area contributed by atoms with Gasteiger partial charge >= 0.3 is 5.97 Å². The topological polar surface area (TPSA) is 294 Å². The molecule has 16 nitrogen and oxygen atoms in total. The number of esters is 1. The van der Waals surface area contributed by atoms with E-state index in [1.54, 1.807) is 37.4 Å². The molecule has 19 unspecified atom stereocenters. The number of benzene rings is 1. The normalized spacial score (nSPS) is 41.7. The van der Waals surface area contributed by atoms with Crippen LogP contribution < -0.4 is 16.8 Å². The minimum absolute atomic E-state index is 0.00560. The fourth-order valence-corrected chi connectivity index (χ4v) is 17.5. The molecule has 1 aromatic heterocycles. The molecule has 13 N–H and O–H groups in total. The minimum atomic E-state index is -1.92. The maximum absolute atomic E-state index is 15.4. The van der Waals surface area contributed by atoms with Crippen molar-refractivity contribution < 1.29 is 54.9 Å². The number of ether oxygens (including phenoxy) is 1. The highest BCUT2D eigenvalue weighted by Gasteiger charge is 2.74. The number of aromatic nitrogens is 1. The number of hydrogen-bond acceptors (Lipinski definition) is 13. The minimum Gasteiger partial charge on any atom is -0.508 e. The van der Waals surface area contributed by atoms with E-state index in [9.17, 15) is 45.3 Å². The van der Waals surface area contributed by atoms with Crippen LogP contribution in [-0.4, -0.2) is 120 Å². The van der Waals surface area contributed by atoms with Crippen LogP contribution in [0.4, 0.5) is 0 Å². The number of aliphatic imine (C=N–C) groups is 1. The van der Waals surface area contributed by atoms with Gasteiger partial charge in [0.1, 0.15) is 5.75 Å². The van der Waals surface area contributed by atoms with Gasteiger partial charge in [0.25, 0.3) is 0 Å². The van der Waals surface area contributed by atoms with Crippen molar-refractivity contribution in [2.24, 2.45) is 92.4 Å². The summed E-state index contributed by atoms with van der Waals surface area (Å²) in [5, 5.41) is 88.2. The molecule has 418 valence electrons. The molecule has 1 aliphatic heterocycles. The molecule has 0 amide bonds. The first kappa shape index (κ1) is 55.3. The molecule has 2 aromatic rings. The number of aromatic hydroxyl groups is 1. The Morgan fingerprint density at radius 2 is 1.74 bits per heavy atom. The van der Waals surface area contributed by atoms with Crippen LogP contribution in [0, 0.1) is 87.8 Å². The fraction of sp³-hybridized carbons (Fsp3) is 0.672. The lowest BCUT2D eigenvalue weighted by Crippen LogP contribution is -2.65. The summed E-state index contributed by atoms with van der Waals surface area (Å²) in [6.07, 6.45) is 8.37. The maximum Gasteiger partial charge on any atom is 0.313 e. The molecule has 19 atom stereocenters. The van der Waals surface area contributed by atoms with E-state index in [-0.39, 0.29) is 136 Å². The highest BCUT2D eigenvalue weighted by molar-refractivity contribution is 6.00. The van der Waals surface area contributed by atoms with Crippen LogP contribution >= 0.6 is 0 Å². The molecule has 10 rings (SSSR count). The second-order valence-corrected chi connectivity index (χ2v) is 25.5. The van der Waals surface area contributed by atoms with Gasteiger partial charge in [0, 0.05) is 67.5 Å². The number of H-pyrrole nitrogens is 1. The van der Waals surface area contributed by atoms with Crippen molar-refractivity contribution in [2.75, 3.05) is 26.3 Å². The van der Waals surface area contributed by atoms with E-state index < -0.39 is 75.9 Å². The van der Waals surface area contributed by atoms with Gasteiger partial charge < -0.3 is 62.3 Å². The van der Waals surface area contributed by atoms with E-state index in [0.717, 1.165) is 30.4 Å². The zero-order chi connectivity index (χ0) is 54.8. The molecule has 0 bridgehead atoms. The lowest BCUT2D eigenvalue weighted by Gasteiger charge is -2.62. The number of aliphatic hydroxyl groups is 6. The van der Waals surface area contributed by atoms with Crippen LogP contribution in [-0.2, 0) is 25.5 Å². The summed E-state index contributed by atoms with van der Waals surface area (Å²) in [5.74, 6) is 2.75. The molecule has 5 fully saturated rings. The van der Waals surface area contributed by atoms with E-state index in [2.05, 4.69) is 40.1 Å². The van der Waals surface area contributed by atoms with E-state index in [0.29, 0.717) is 43.6 Å². The number of phenolic OH excluding ortho intramolecular Hbond substituents is 1. The van der Waals surface area contributed by atoms with Gasteiger partial charge in [-0.1, -0.05) is 43.5 Å². The number of nitrogens with zero attached hydrogens (tertiary/aromatic N) is 1. The number of nitrogens with two attached hydrogens (primary N) is 2. The number of guanidine groups is 1. The monoisotopic (exact) mass is 1060 g/mol. The van der Waals surface area contributed by atoms with Crippen LogP contribution in [0.5, 0.6) is 5.75 Å². The number of aryl methyl sites for hydroxylation is 1. The van der Waals surface area contributed by atoms with Gasteiger partial charge in [0.2, 0.25) is 0 Å². The summed E-state index contributed by atoms with van der Waals surface area (Å²) in [6, 6.07) is 8.53. The van der Waals surface area contributed by atoms with E-state index in [4.69, 9.17) is 16.2 Å². The Labute approximate surface area is 452 Å². The first-order valence-corrected chi connectivity index (χ1v) is 28.6. The summed E-state index contributed by atoms with van der Waals surface area (Å²) in [4.78, 5) is 50.7. The number of aliphatic hydroxyl groups excluding tert-OH is 4. The van der Waals surface area contributed by atoms with Crippen molar-refractivity contribution in [1.82, 2.24) is 10.3 Å². The Bertz CT molecular complexity index is 2690. The number of rotatable bonds is 12. The standard InChI is InChI=1S/C61H83N5O11/c1-33-7-11-35-12-16-42-39(31-67)25-50(72)59(3,75)55-37(6-4-5-36(24-44(42)43(35)23-33)45-32-77-56(74)51(45)38-18-21-64-29-38)27-61(76)52-46(17-19-60(55,61)20-22-65-57(62)63)58(2)28-49(71)48(70)26-47(58)54(73)53(52)66-30-41(69)15-10-34-8-13-40(68)14-9-34/h8-9,12-14,18,21,29,33,36-37,39,42-51,55,64,66-68,70-72,75-76H,6-7,10-11,15-17,19-20,22-28,30-32H2,1-3H3,(H4,62,63,65). The van der Waals surface area contributed by atoms with Crippen molar-refractivity contribution in [3.8, 4) is 17.6 Å². The SMILES string of the molecule is CC1CCC2=CCC3C(CO)CC(O)C(C)(O)C4C(CC#CC(C5COC(=O)C5c5cc[nH]c5)CC3C2C1)CC1(O)C2=C(NCC(=O)CCc3ccc(O)cc3)C(=O)C3CC(O)C(O)CC3(C)C2CCC41CCN=C(N)N. The van der Waals surface area contributed by atoms with Crippen molar-refractivity contribution in [3.05, 3.63) is 76.8 Å². The van der Waals surface area contributed by atoms with Crippen LogP contribution in [0.3, 0.4) is 0 Å². The van der Waals surface area contributed by atoms with E-state index >= 15 is 4.79 Å². The quantitative estimate of drug-likeness (QED) is 0.0452. The van der Waals surface area contributed by atoms with Gasteiger partial charge in [-0.2, -0.15) is 0 Å². The smallest absolute Gasteiger partial charge is 0.313 e. The van der Waals surface area contributed by atoms with Crippen molar-refractivity contribution >= 4 is 23.5 Å². The molecular formula is C61H83N5O11. The molecule has 4 saturated carbocycles. The average molecular weight is 1060 g/mol. The number of fused-ring (bicyclic) bond motifs is 10. The predicted molar refractivity (Wildman–Crippen MR) is 288 cm³/mol. The van der Waals surface area contributed by atoms with Gasteiger partial charge in [-0.25, -0.2) is 0 Å². The zero-order valence-electron chi connectivity index (χ0n) is 45.1. The van der Waals surface area contributed by atoms with Crippen LogP contribution in [0.1, 0.15) is 128 Å². The molecule has 77 heavy (non-hydrogen) atoms. The van der Waals surface area contributed by atoms with Gasteiger partial charge in [-0.15, -0.1) is 5.92 Å². The molecule has 2 heterocycles. The summed E-state index contributed by atoms with van der Waals surface area (Å²) >= 11 is 0. The summed E-state index contributed by atoms with van der Waals surface area (Å²) in [7, 11) is 0. The number of hydrogen-bond donors (Lipinski definition) is 11. The van der Waals surface area contributed by atoms with Crippen molar-refractivity contribution in [1.29, 1.82) is 0 Å². The van der Waals surface area contributed by atoms with Crippen LogP contribution in [0.25, 0.3) is 0 Å². The number of aromatic amines is 1. The number of phenols is 1. The number of carbonyl (C=O) groups is 3. The third kappa shape index (κ3) is 9.87. The highest BCUT2D eigenvalue weighted by atomic mass is 16.5. The largest absolute Gasteiger partial charge is 0.508 e. The van der Waals surface area contributed by atoms with Gasteiger partial charge in [-0.05, 0) is 172 Å². The second-order valence-electron chi connectivity index (χ2n) is 25.5. The molecule has 1 saturated heterocycles. The lowest BCUT2D eigenvalue weighted by atomic mass is 9.44. The summed E-state index contributed by atoms with van der Waals surface area (Å²) in [5.41, 5.74) is 9.55. The predicted octanol–water partition coefficient (Wildman–Crippen LogP) is 4.69. The highest BCUT2D eigenvalue weighted by Crippen LogP contribution is 2.72. The summed E-state index contributed by atoms with van der Waals surface area (Å²) < 4.78 is 5.91. The van der Waals surface area contributed by atoms with Crippen LogP contribution in [0.2, 0.25) is 0 Å². The Kier molecular flexibility index (Phi) is 15.5. The third-order valence-electron chi connectivity index (χ3n) is 21.3. The van der Waals surface area contributed by atoms with Gasteiger partial charge in [-0.3, -0.25) is 19.4 Å². The molecular weight excluding hydrogens is 979 g/mol. The lowest BCUT2D eigenvalue weighted by molar-refractivity contribution is -0.190. The zero-order valence-corrected chi connectivity index (χ0v) is 45.1.